The molecule has 0 atom stereocenters. The normalized spacial score (nSPS) is 10.3. The summed E-state index contributed by atoms with van der Waals surface area (Å²) in [4.78, 5) is 0. The van der Waals surface area contributed by atoms with Crippen LogP contribution in [0.2, 0.25) is 10.0 Å². The lowest BCUT2D eigenvalue weighted by atomic mass is 10.2. The van der Waals surface area contributed by atoms with Crippen molar-refractivity contribution < 1.29 is 9.47 Å². The predicted molar refractivity (Wildman–Crippen MR) is 78.4 cm³/mol. The van der Waals surface area contributed by atoms with E-state index in [1.807, 2.05) is 37.3 Å². The summed E-state index contributed by atoms with van der Waals surface area (Å²) in [6.45, 7) is 2.97. The maximum absolute atomic E-state index is 6.09. The molecule has 0 amide bonds. The van der Waals surface area contributed by atoms with E-state index in [-0.39, 0.29) is 0 Å². The van der Waals surface area contributed by atoms with E-state index in [0.29, 0.717) is 23.3 Å². The lowest BCUT2D eigenvalue weighted by Gasteiger charge is -2.09. The molecule has 0 N–H and O–H groups in total. The van der Waals surface area contributed by atoms with E-state index in [1.165, 1.54) is 0 Å². The second kappa shape index (κ2) is 6.69. The van der Waals surface area contributed by atoms with E-state index < -0.39 is 0 Å². The first-order valence-electron chi connectivity index (χ1n) is 5.98. The van der Waals surface area contributed by atoms with Crippen LogP contribution < -0.4 is 9.47 Å². The quantitative estimate of drug-likeness (QED) is 0.775. The Morgan fingerprint density at radius 1 is 0.947 bits per heavy atom. The molecule has 0 aliphatic rings. The molecule has 19 heavy (non-hydrogen) atoms. The molecular weight excluding hydrogens is 283 g/mol. The van der Waals surface area contributed by atoms with Crippen molar-refractivity contribution in [3.8, 4) is 11.5 Å². The Morgan fingerprint density at radius 2 is 1.68 bits per heavy atom. The maximum Gasteiger partial charge on any atom is 0.123 e. The van der Waals surface area contributed by atoms with Crippen LogP contribution in [-0.2, 0) is 6.61 Å². The van der Waals surface area contributed by atoms with Gasteiger partial charge in [-0.2, -0.15) is 0 Å². The molecule has 0 aliphatic heterocycles. The van der Waals surface area contributed by atoms with Crippen LogP contribution in [0.4, 0.5) is 0 Å². The van der Waals surface area contributed by atoms with Gasteiger partial charge in [0.1, 0.15) is 18.1 Å². The molecule has 100 valence electrons. The monoisotopic (exact) mass is 296 g/mol. The third-order valence-corrected chi connectivity index (χ3v) is 3.11. The van der Waals surface area contributed by atoms with Crippen LogP contribution in [0.25, 0.3) is 0 Å². The van der Waals surface area contributed by atoms with Gasteiger partial charge in [0, 0.05) is 21.7 Å². The molecule has 2 aromatic carbocycles. The van der Waals surface area contributed by atoms with Crippen LogP contribution in [0.5, 0.6) is 11.5 Å². The highest BCUT2D eigenvalue weighted by Gasteiger charge is 2.03. The second-order valence-electron chi connectivity index (χ2n) is 3.93. The van der Waals surface area contributed by atoms with Crippen molar-refractivity contribution in [3.05, 3.63) is 58.1 Å². The van der Waals surface area contributed by atoms with Crippen LogP contribution >= 0.6 is 23.2 Å². The summed E-state index contributed by atoms with van der Waals surface area (Å²) < 4.78 is 11.1. The van der Waals surface area contributed by atoms with E-state index in [4.69, 9.17) is 32.7 Å². The van der Waals surface area contributed by atoms with Gasteiger partial charge < -0.3 is 9.47 Å². The maximum atomic E-state index is 6.09. The van der Waals surface area contributed by atoms with Gasteiger partial charge in [0.05, 0.1) is 6.61 Å². The number of rotatable bonds is 5. The molecule has 4 heteroatoms. The fraction of sp³-hybridized carbons (Fsp3) is 0.200. The minimum absolute atomic E-state index is 0.394. The molecule has 0 saturated carbocycles. The predicted octanol–water partition coefficient (Wildman–Crippen LogP) is 4.97. The molecule has 0 unspecified atom stereocenters. The molecule has 0 bridgehead atoms. The van der Waals surface area contributed by atoms with E-state index in [2.05, 4.69) is 0 Å². The fourth-order valence-electron chi connectivity index (χ4n) is 1.62. The van der Waals surface area contributed by atoms with Gasteiger partial charge in [0.25, 0.3) is 0 Å². The Labute approximate surface area is 122 Å². The topological polar surface area (TPSA) is 18.5 Å². The Hall–Kier alpha value is -1.38. The van der Waals surface area contributed by atoms with Crippen molar-refractivity contribution in [2.45, 2.75) is 13.5 Å². The standard InChI is InChI=1S/C15H14Cl2O2/c1-2-18-13-4-3-5-14(9-13)19-10-11-6-7-12(16)8-15(11)17/h3-9H,2,10H2,1H3. The van der Waals surface area contributed by atoms with Crippen molar-refractivity contribution in [2.24, 2.45) is 0 Å². The van der Waals surface area contributed by atoms with Crippen molar-refractivity contribution in [1.29, 1.82) is 0 Å². The van der Waals surface area contributed by atoms with Crippen LogP contribution in [0, 0.1) is 0 Å². The third-order valence-electron chi connectivity index (χ3n) is 2.53. The van der Waals surface area contributed by atoms with E-state index in [0.717, 1.165) is 17.1 Å². The summed E-state index contributed by atoms with van der Waals surface area (Å²) in [7, 11) is 0. The highest BCUT2D eigenvalue weighted by molar-refractivity contribution is 6.35. The van der Waals surface area contributed by atoms with Gasteiger partial charge in [-0.15, -0.1) is 0 Å². The van der Waals surface area contributed by atoms with Crippen molar-refractivity contribution >= 4 is 23.2 Å². The Balaban J connectivity index is 2.03. The van der Waals surface area contributed by atoms with Crippen molar-refractivity contribution in [3.63, 3.8) is 0 Å². The highest BCUT2D eigenvalue weighted by Crippen LogP contribution is 2.24. The van der Waals surface area contributed by atoms with Gasteiger partial charge >= 0.3 is 0 Å². The Kier molecular flexibility index (Phi) is 4.94. The zero-order chi connectivity index (χ0) is 13.7. The van der Waals surface area contributed by atoms with Crippen molar-refractivity contribution in [2.75, 3.05) is 6.61 Å². The SMILES string of the molecule is CCOc1cccc(OCc2ccc(Cl)cc2Cl)c1. The highest BCUT2D eigenvalue weighted by atomic mass is 35.5. The molecule has 0 heterocycles. The summed E-state index contributed by atoms with van der Waals surface area (Å²) in [5.41, 5.74) is 0.896. The molecule has 0 saturated heterocycles. The molecule has 2 rings (SSSR count). The Bertz CT molecular complexity index is 556. The third kappa shape index (κ3) is 4.05. The summed E-state index contributed by atoms with van der Waals surface area (Å²) >= 11 is 11.9. The summed E-state index contributed by atoms with van der Waals surface area (Å²) in [5, 5.41) is 1.22. The lowest BCUT2D eigenvalue weighted by molar-refractivity contribution is 0.299. The van der Waals surface area contributed by atoms with E-state index in [1.54, 1.807) is 12.1 Å². The van der Waals surface area contributed by atoms with Gasteiger partial charge in [-0.1, -0.05) is 35.3 Å². The molecule has 0 aromatic heterocycles. The smallest absolute Gasteiger partial charge is 0.123 e. The number of ether oxygens (including phenoxy) is 2. The van der Waals surface area contributed by atoms with Crippen LogP contribution in [-0.4, -0.2) is 6.61 Å². The van der Waals surface area contributed by atoms with Gasteiger partial charge in [0.15, 0.2) is 0 Å². The first-order chi connectivity index (χ1) is 9.19. The average Bonchev–Trinajstić information content (AvgIpc) is 2.38. The zero-order valence-corrected chi connectivity index (χ0v) is 12.0. The summed E-state index contributed by atoms with van der Waals surface area (Å²) in [6.07, 6.45) is 0. The minimum Gasteiger partial charge on any atom is -0.494 e. The number of hydrogen-bond acceptors (Lipinski definition) is 2. The van der Waals surface area contributed by atoms with Gasteiger partial charge in [-0.05, 0) is 31.2 Å². The number of benzene rings is 2. The lowest BCUT2D eigenvalue weighted by Crippen LogP contribution is -1.97. The van der Waals surface area contributed by atoms with Crippen LogP contribution in [0.3, 0.4) is 0 Å². The zero-order valence-electron chi connectivity index (χ0n) is 10.5. The number of hydrogen-bond donors (Lipinski definition) is 0. The molecule has 0 spiro atoms. The van der Waals surface area contributed by atoms with Crippen molar-refractivity contribution in [1.82, 2.24) is 0 Å². The second-order valence-corrected chi connectivity index (χ2v) is 4.78. The first kappa shape index (κ1) is 14.0. The first-order valence-corrected chi connectivity index (χ1v) is 6.74. The molecular formula is C15H14Cl2O2. The average molecular weight is 297 g/mol. The molecule has 0 fully saturated rings. The van der Waals surface area contributed by atoms with E-state index in [9.17, 15) is 0 Å². The molecule has 2 aromatic rings. The number of halogens is 2. The summed E-state index contributed by atoms with van der Waals surface area (Å²) in [6, 6.07) is 12.9. The van der Waals surface area contributed by atoms with Gasteiger partial charge in [-0.25, -0.2) is 0 Å². The summed E-state index contributed by atoms with van der Waals surface area (Å²) in [5.74, 6) is 1.54. The molecule has 0 aliphatic carbocycles. The Morgan fingerprint density at radius 3 is 2.37 bits per heavy atom. The van der Waals surface area contributed by atoms with Gasteiger partial charge in [-0.3, -0.25) is 0 Å². The van der Waals surface area contributed by atoms with Gasteiger partial charge in [0.2, 0.25) is 0 Å². The van der Waals surface area contributed by atoms with Crippen LogP contribution in [0.15, 0.2) is 42.5 Å². The molecule has 2 nitrogen and oxygen atoms in total. The molecule has 0 radical (unpaired) electrons. The van der Waals surface area contributed by atoms with E-state index >= 15 is 0 Å². The fourth-order valence-corrected chi connectivity index (χ4v) is 2.08. The van der Waals surface area contributed by atoms with Crippen LogP contribution in [0.1, 0.15) is 12.5 Å². The minimum atomic E-state index is 0.394. The largest absolute Gasteiger partial charge is 0.494 e.